The molecule has 0 atom stereocenters. The average molecular weight is 167 g/mol. The number of nitrogens with zero attached hydrogens (tertiary/aromatic N) is 3. The lowest BCUT2D eigenvalue weighted by Crippen LogP contribution is -2.03. The third kappa shape index (κ3) is 1.17. The first-order valence-corrected chi connectivity index (χ1v) is 3.90. The fourth-order valence-corrected chi connectivity index (χ4v) is 1.39. The maximum absolute atomic E-state index is 10.3. The first kappa shape index (κ1) is 7.27. The molecule has 0 saturated carbocycles. The molecule has 1 N–H and O–H groups in total. The second kappa shape index (κ2) is 2.58. The van der Waals surface area contributed by atoms with Gasteiger partial charge in [-0.15, -0.1) is 0 Å². The van der Waals surface area contributed by atoms with Crippen molar-refractivity contribution >= 4 is 5.97 Å². The van der Waals surface area contributed by atoms with Crippen molar-refractivity contribution in [3.63, 3.8) is 0 Å². The van der Waals surface area contributed by atoms with Crippen LogP contribution in [0.1, 0.15) is 18.1 Å². The maximum atomic E-state index is 10.3. The summed E-state index contributed by atoms with van der Waals surface area (Å²) in [4.78, 5) is 14.4. The van der Waals surface area contributed by atoms with Gasteiger partial charge in [-0.25, -0.2) is 9.67 Å². The molecule has 1 aromatic heterocycles. The van der Waals surface area contributed by atoms with Crippen LogP contribution < -0.4 is 0 Å². The monoisotopic (exact) mass is 167 g/mol. The standard InChI is InChI=1S/C7H9N3O2/c11-7(12)4-5-8-6-2-1-3-10(6)9-5/h1-4H2,(H,11,12). The number of carbonyl (C=O) groups is 1. The number of aryl methyl sites for hydroxylation is 2. The summed E-state index contributed by atoms with van der Waals surface area (Å²) >= 11 is 0. The number of hydrogen-bond donors (Lipinski definition) is 1. The van der Waals surface area contributed by atoms with Crippen LogP contribution >= 0.6 is 0 Å². The Kier molecular flexibility index (Phi) is 1.56. The normalized spacial score (nSPS) is 14.7. The highest BCUT2D eigenvalue weighted by atomic mass is 16.4. The summed E-state index contributed by atoms with van der Waals surface area (Å²) in [5.74, 6) is 0.475. The van der Waals surface area contributed by atoms with Gasteiger partial charge in [-0.3, -0.25) is 4.79 Å². The predicted molar refractivity (Wildman–Crippen MR) is 39.7 cm³/mol. The molecule has 64 valence electrons. The van der Waals surface area contributed by atoms with Gasteiger partial charge in [0.1, 0.15) is 12.2 Å². The molecule has 1 aliphatic heterocycles. The molecule has 0 aromatic carbocycles. The van der Waals surface area contributed by atoms with E-state index in [4.69, 9.17) is 5.11 Å². The van der Waals surface area contributed by atoms with Crippen molar-refractivity contribution in [3.05, 3.63) is 11.6 Å². The number of hydrogen-bond acceptors (Lipinski definition) is 3. The molecule has 0 aliphatic carbocycles. The molecule has 12 heavy (non-hydrogen) atoms. The van der Waals surface area contributed by atoms with Crippen molar-refractivity contribution in [2.75, 3.05) is 0 Å². The van der Waals surface area contributed by atoms with Gasteiger partial charge in [0.2, 0.25) is 0 Å². The molecule has 2 rings (SSSR count). The molecule has 0 bridgehead atoms. The zero-order valence-corrected chi connectivity index (χ0v) is 6.53. The van der Waals surface area contributed by atoms with Crippen molar-refractivity contribution < 1.29 is 9.90 Å². The van der Waals surface area contributed by atoms with Crippen molar-refractivity contribution in [1.82, 2.24) is 14.8 Å². The summed E-state index contributed by atoms with van der Waals surface area (Å²) < 4.78 is 1.79. The van der Waals surface area contributed by atoms with E-state index in [-0.39, 0.29) is 6.42 Å². The van der Waals surface area contributed by atoms with E-state index in [1.54, 1.807) is 4.68 Å². The van der Waals surface area contributed by atoms with Gasteiger partial charge in [-0.2, -0.15) is 5.10 Å². The summed E-state index contributed by atoms with van der Waals surface area (Å²) in [5.41, 5.74) is 0. The highest BCUT2D eigenvalue weighted by Gasteiger charge is 2.16. The molecule has 0 amide bonds. The van der Waals surface area contributed by atoms with Gasteiger partial charge in [-0.1, -0.05) is 0 Å². The van der Waals surface area contributed by atoms with Crippen LogP contribution in [0.15, 0.2) is 0 Å². The van der Waals surface area contributed by atoms with Crippen molar-refractivity contribution in [1.29, 1.82) is 0 Å². The molecule has 0 radical (unpaired) electrons. The van der Waals surface area contributed by atoms with Crippen LogP contribution in [0, 0.1) is 0 Å². The van der Waals surface area contributed by atoms with Gasteiger partial charge in [0.05, 0.1) is 0 Å². The summed E-state index contributed by atoms with van der Waals surface area (Å²) in [6, 6.07) is 0. The van der Waals surface area contributed by atoms with Crippen LogP contribution in [0.2, 0.25) is 0 Å². The Morgan fingerprint density at radius 2 is 2.50 bits per heavy atom. The van der Waals surface area contributed by atoms with Crippen molar-refractivity contribution in [2.24, 2.45) is 0 Å². The Labute approximate surface area is 69.0 Å². The number of carboxylic acids is 1. The van der Waals surface area contributed by atoms with Gasteiger partial charge in [0.25, 0.3) is 0 Å². The zero-order chi connectivity index (χ0) is 8.55. The fraction of sp³-hybridized carbons (Fsp3) is 0.571. The summed E-state index contributed by atoms with van der Waals surface area (Å²) in [6.07, 6.45) is 1.93. The van der Waals surface area contributed by atoms with E-state index in [1.165, 1.54) is 0 Å². The maximum Gasteiger partial charge on any atom is 0.311 e. The predicted octanol–water partition coefficient (Wildman–Crippen LogP) is -0.149. The minimum absolute atomic E-state index is 0.0694. The minimum atomic E-state index is -0.876. The molecule has 5 heteroatoms. The first-order chi connectivity index (χ1) is 5.75. The molecule has 2 heterocycles. The Balaban J connectivity index is 2.20. The third-order valence-corrected chi connectivity index (χ3v) is 1.87. The lowest BCUT2D eigenvalue weighted by atomic mass is 10.3. The lowest BCUT2D eigenvalue weighted by molar-refractivity contribution is -0.136. The molecule has 0 fully saturated rings. The van der Waals surface area contributed by atoms with E-state index in [2.05, 4.69) is 10.1 Å². The van der Waals surface area contributed by atoms with Crippen LogP contribution in [-0.2, 0) is 24.2 Å². The summed E-state index contributed by atoms with van der Waals surface area (Å²) in [5, 5.41) is 12.5. The number of aliphatic carboxylic acids is 1. The van der Waals surface area contributed by atoms with Gasteiger partial charge in [-0.05, 0) is 6.42 Å². The molecular formula is C7H9N3O2. The van der Waals surface area contributed by atoms with Crippen molar-refractivity contribution in [2.45, 2.75) is 25.8 Å². The van der Waals surface area contributed by atoms with Gasteiger partial charge in [0.15, 0.2) is 5.82 Å². The van der Waals surface area contributed by atoms with Gasteiger partial charge in [0, 0.05) is 13.0 Å². The zero-order valence-electron chi connectivity index (χ0n) is 6.53. The summed E-state index contributed by atoms with van der Waals surface area (Å²) in [7, 11) is 0. The van der Waals surface area contributed by atoms with Crippen LogP contribution in [0.5, 0.6) is 0 Å². The molecule has 1 aromatic rings. The quantitative estimate of drug-likeness (QED) is 0.665. The van der Waals surface area contributed by atoms with E-state index in [0.717, 1.165) is 25.2 Å². The first-order valence-electron chi connectivity index (χ1n) is 3.90. The van der Waals surface area contributed by atoms with Crippen LogP contribution in [0.4, 0.5) is 0 Å². The van der Waals surface area contributed by atoms with Crippen molar-refractivity contribution in [3.8, 4) is 0 Å². The average Bonchev–Trinajstić information content (AvgIpc) is 2.43. The van der Waals surface area contributed by atoms with E-state index in [9.17, 15) is 4.79 Å². The lowest BCUT2D eigenvalue weighted by Gasteiger charge is -1.88. The van der Waals surface area contributed by atoms with E-state index >= 15 is 0 Å². The molecule has 0 unspecified atom stereocenters. The molecular weight excluding hydrogens is 158 g/mol. The Hall–Kier alpha value is -1.39. The Bertz CT molecular complexity index is 297. The van der Waals surface area contributed by atoms with E-state index < -0.39 is 5.97 Å². The Morgan fingerprint density at radius 1 is 1.67 bits per heavy atom. The molecule has 5 nitrogen and oxygen atoms in total. The van der Waals surface area contributed by atoms with E-state index in [1.807, 2.05) is 0 Å². The number of aromatic nitrogens is 3. The van der Waals surface area contributed by atoms with Crippen LogP contribution in [-0.4, -0.2) is 25.8 Å². The van der Waals surface area contributed by atoms with Crippen LogP contribution in [0.3, 0.4) is 0 Å². The molecule has 1 aliphatic rings. The molecule has 0 spiro atoms. The number of fused-ring (bicyclic) bond motifs is 1. The minimum Gasteiger partial charge on any atom is -0.481 e. The number of carboxylic acid groups (broad SMARTS) is 1. The largest absolute Gasteiger partial charge is 0.481 e. The van der Waals surface area contributed by atoms with Crippen LogP contribution in [0.25, 0.3) is 0 Å². The summed E-state index contributed by atoms with van der Waals surface area (Å²) in [6.45, 7) is 0.877. The number of rotatable bonds is 2. The topological polar surface area (TPSA) is 68.0 Å². The smallest absolute Gasteiger partial charge is 0.311 e. The highest BCUT2D eigenvalue weighted by molar-refractivity contribution is 5.68. The van der Waals surface area contributed by atoms with E-state index in [0.29, 0.717) is 5.82 Å². The highest BCUT2D eigenvalue weighted by Crippen LogP contribution is 2.11. The second-order valence-corrected chi connectivity index (χ2v) is 2.84. The SMILES string of the molecule is O=C(O)Cc1nc2n(n1)CCC2. The molecule has 0 saturated heterocycles. The third-order valence-electron chi connectivity index (χ3n) is 1.87. The fourth-order valence-electron chi connectivity index (χ4n) is 1.39. The Morgan fingerprint density at radius 3 is 3.17 bits per heavy atom. The second-order valence-electron chi connectivity index (χ2n) is 2.84. The van der Waals surface area contributed by atoms with Gasteiger partial charge >= 0.3 is 5.97 Å². The van der Waals surface area contributed by atoms with Gasteiger partial charge < -0.3 is 5.11 Å².